The van der Waals surface area contributed by atoms with Gasteiger partial charge in [0.25, 0.3) is 0 Å². The topological polar surface area (TPSA) is 30.1 Å². The zero-order valence-corrected chi connectivity index (χ0v) is 31.5. The van der Waals surface area contributed by atoms with E-state index in [1.54, 1.807) is 18.2 Å². The van der Waals surface area contributed by atoms with Crippen molar-refractivity contribution < 1.29 is 18.4 Å². The van der Waals surface area contributed by atoms with E-state index in [1.165, 1.54) is 0 Å². The lowest BCUT2D eigenvalue weighted by atomic mass is 9.40. The molecular weight excluding hydrogens is 693 g/mol. The van der Waals surface area contributed by atoms with Gasteiger partial charge in [-0.2, -0.15) is 0 Å². The van der Waals surface area contributed by atoms with Crippen molar-refractivity contribution in [3.8, 4) is 39.6 Å². The Kier molecular flexibility index (Phi) is 6.18. The monoisotopic (exact) mass is 743 g/mol. The number of ether oxygens (including phenoxy) is 1. The van der Waals surface area contributed by atoms with Gasteiger partial charge in [-0.1, -0.05) is 153 Å². The van der Waals surface area contributed by atoms with E-state index in [0.29, 0.717) is 22.6 Å². The molecule has 9 aromatic rings. The van der Waals surface area contributed by atoms with Crippen molar-refractivity contribution in [2.45, 2.75) is 26.2 Å². The third-order valence-electron chi connectivity index (χ3n) is 10.5. The van der Waals surface area contributed by atoms with Crippen LogP contribution >= 0.6 is 0 Å². The molecule has 0 atom stereocenters. The van der Waals surface area contributed by atoms with Gasteiger partial charge in [-0.05, 0) is 87.8 Å². The molecule has 1 aliphatic rings. The van der Waals surface area contributed by atoms with Crippen molar-refractivity contribution >= 4 is 56.9 Å². The predicted octanol–water partition coefficient (Wildman–Crippen LogP) is 11.5. The second kappa shape index (κ2) is 14.0. The maximum absolute atomic E-state index is 9.01. The molecule has 272 valence electrons. The molecule has 0 bridgehead atoms. The van der Waals surface area contributed by atoms with Crippen LogP contribution in [-0.4, -0.2) is 22.4 Å². The van der Waals surface area contributed by atoms with Crippen LogP contribution < -0.4 is 20.2 Å². The van der Waals surface area contributed by atoms with Gasteiger partial charge in [0.05, 0.1) is 36.5 Å². The quantitative estimate of drug-likeness (QED) is 0.0924. The largest absolute Gasteiger partial charge is 0.458 e. The molecule has 0 saturated carbocycles. The molecule has 0 unspecified atom stereocenters. The number of benzene rings is 7. The van der Waals surface area contributed by atoms with Crippen molar-refractivity contribution in [1.29, 1.82) is 0 Å². The molecule has 0 amide bonds. The zero-order valence-electron chi connectivity index (χ0n) is 41.5. The van der Waals surface area contributed by atoms with Crippen molar-refractivity contribution in [3.05, 3.63) is 194 Å². The van der Waals surface area contributed by atoms with E-state index < -0.39 is 67.1 Å². The molecule has 4 nitrogen and oxygen atoms in total. The first kappa shape index (κ1) is 25.2. The third-order valence-corrected chi connectivity index (χ3v) is 10.5. The number of hydrogen-bond donors (Lipinski definition) is 0. The van der Waals surface area contributed by atoms with Crippen molar-refractivity contribution in [2.75, 3.05) is 0 Å². The summed E-state index contributed by atoms with van der Waals surface area (Å²) in [5.41, 5.74) is 5.81. The summed E-state index contributed by atoms with van der Waals surface area (Å²) in [5, 5.41) is 2.14. The smallest absolute Gasteiger partial charge is 0.239 e. The van der Waals surface area contributed by atoms with E-state index in [9.17, 15) is 0 Å². The summed E-state index contributed by atoms with van der Waals surface area (Å²) in [4.78, 5) is 4.82. The van der Waals surface area contributed by atoms with Crippen LogP contribution in [0, 0.1) is 0 Å². The normalized spacial score (nSPS) is 15.0. The molecule has 3 heterocycles. The Morgan fingerprint density at radius 2 is 1.32 bits per heavy atom. The molecule has 0 saturated heterocycles. The molecule has 0 N–H and O–H groups in total. The Morgan fingerprint density at radius 1 is 0.649 bits per heavy atom. The molecule has 0 spiro atoms. The Morgan fingerprint density at radius 3 is 2.07 bits per heavy atom. The fourth-order valence-corrected chi connectivity index (χ4v) is 7.81. The average Bonchev–Trinajstić information content (AvgIpc) is 3.87. The SMILES string of the molecule is [2H]c1c([2H])c([2H])c(-c2cccc(-c3c([2H])c([2H])c([2H])c([2H])c3[2H])c2B2[C-]=[N+](c3cccc(Oc4ccc5c6ccccc6n(-c6cc(C(C)(C)C)ccn6)c5c4)c3)c3ccccc32)c([2H])c1[2H]. The van der Waals surface area contributed by atoms with E-state index in [1.807, 2.05) is 89.6 Å². The molecule has 57 heavy (non-hydrogen) atoms. The van der Waals surface area contributed by atoms with Crippen LogP contribution in [0.2, 0.25) is 0 Å². The number of nitrogens with zero attached hydrogens (tertiary/aromatic N) is 3. The Bertz CT molecular complexity index is 3440. The van der Waals surface area contributed by atoms with Crippen LogP contribution in [0.15, 0.2) is 188 Å². The highest BCUT2D eigenvalue weighted by atomic mass is 16.5. The van der Waals surface area contributed by atoms with Gasteiger partial charge in [0.2, 0.25) is 6.71 Å². The van der Waals surface area contributed by atoms with Crippen LogP contribution in [0.4, 0.5) is 11.4 Å². The van der Waals surface area contributed by atoms with Gasteiger partial charge in [0, 0.05) is 23.0 Å². The van der Waals surface area contributed by atoms with Crippen molar-refractivity contribution in [2.24, 2.45) is 0 Å². The second-order valence-corrected chi connectivity index (χ2v) is 15.0. The van der Waals surface area contributed by atoms with Gasteiger partial charge in [-0.3, -0.25) is 4.57 Å². The van der Waals surface area contributed by atoms with E-state index in [-0.39, 0.29) is 27.7 Å². The van der Waals surface area contributed by atoms with Gasteiger partial charge < -0.3 is 9.31 Å². The van der Waals surface area contributed by atoms with Crippen molar-refractivity contribution in [3.63, 3.8) is 0 Å². The molecule has 0 fully saturated rings. The minimum absolute atomic E-state index is 0.0825. The highest BCUT2D eigenvalue weighted by Gasteiger charge is 2.33. The van der Waals surface area contributed by atoms with Crippen LogP contribution in [-0.2, 0) is 5.41 Å². The summed E-state index contributed by atoms with van der Waals surface area (Å²) in [6, 6.07) is 33.5. The standard InChI is InChI=1S/C52H40BN3O/c1-52(2,3)38-30-31-54-50(32-38)56-47-26-12-10-22-44(47)45-29-28-41(34-49(45)56)57-40-21-14-20-39(33-40)55-35-53(46-25-11-13-27-48(46)55)51-42(36-16-6-4-7-17-36)23-15-24-43(51)37-18-8-5-9-19-37/h4-34H,1-3H3/i4D,5D,6D,7D,8D,9D,16D,17D,18D,19D. The lowest BCUT2D eigenvalue weighted by Crippen LogP contribution is -2.44. The summed E-state index contributed by atoms with van der Waals surface area (Å²) in [6.45, 7) is 5.72. The van der Waals surface area contributed by atoms with E-state index in [2.05, 4.69) is 55.7 Å². The van der Waals surface area contributed by atoms with Crippen LogP contribution in [0.1, 0.15) is 40.0 Å². The second-order valence-electron chi connectivity index (χ2n) is 15.0. The minimum Gasteiger partial charge on any atom is -0.458 e. The van der Waals surface area contributed by atoms with Crippen LogP contribution in [0.5, 0.6) is 11.5 Å². The van der Waals surface area contributed by atoms with Crippen LogP contribution in [0.3, 0.4) is 0 Å². The number of hydrogen-bond acceptors (Lipinski definition) is 2. The molecule has 5 heteroatoms. The Hall–Kier alpha value is -6.98. The highest BCUT2D eigenvalue weighted by molar-refractivity contribution is 7.08. The molecule has 0 aliphatic carbocycles. The predicted molar refractivity (Wildman–Crippen MR) is 239 cm³/mol. The summed E-state index contributed by atoms with van der Waals surface area (Å²) in [5.74, 6) is 1.94. The van der Waals surface area contributed by atoms with E-state index >= 15 is 0 Å². The first-order chi connectivity index (χ1) is 32.0. The zero-order chi connectivity index (χ0) is 47.2. The molecule has 10 rings (SSSR count). The van der Waals surface area contributed by atoms with Gasteiger partial charge in [0.15, 0.2) is 0 Å². The number of rotatable bonds is 7. The molecule has 2 aromatic heterocycles. The van der Waals surface area contributed by atoms with Gasteiger partial charge in [0.1, 0.15) is 23.0 Å². The summed E-state index contributed by atoms with van der Waals surface area (Å²) in [7, 11) is 0. The molecular formula is C52H40BN3O. The number of para-hydroxylation sites is 2. The number of aromatic nitrogens is 2. The van der Waals surface area contributed by atoms with Crippen molar-refractivity contribution in [1.82, 2.24) is 14.1 Å². The minimum atomic E-state index is -0.822. The van der Waals surface area contributed by atoms with Crippen LogP contribution in [0.25, 0.3) is 49.9 Å². The molecule has 7 aromatic carbocycles. The fraction of sp³-hybridized carbons (Fsp3) is 0.0769. The Balaban J connectivity index is 1.12. The average molecular weight is 744 g/mol. The van der Waals surface area contributed by atoms with E-state index in [0.717, 1.165) is 44.3 Å². The fourth-order valence-electron chi connectivity index (χ4n) is 7.81. The van der Waals surface area contributed by atoms with E-state index in [4.69, 9.17) is 23.4 Å². The summed E-state index contributed by atoms with van der Waals surface area (Å²) in [6.07, 6.45) is 5.45. The lowest BCUT2D eigenvalue weighted by molar-refractivity contribution is 0.483. The van der Waals surface area contributed by atoms with Gasteiger partial charge >= 0.3 is 0 Å². The maximum atomic E-state index is 9.01. The van der Waals surface area contributed by atoms with Gasteiger partial charge in [-0.15, -0.1) is 0 Å². The first-order valence-corrected chi connectivity index (χ1v) is 18.8. The number of fused-ring (bicyclic) bond motifs is 4. The maximum Gasteiger partial charge on any atom is 0.239 e. The first-order valence-electron chi connectivity index (χ1n) is 23.8. The summed E-state index contributed by atoms with van der Waals surface area (Å²) < 4.78 is 97.6. The lowest BCUT2D eigenvalue weighted by Gasteiger charge is -2.20. The van der Waals surface area contributed by atoms with Gasteiger partial charge in [-0.25, -0.2) is 4.98 Å². The number of pyridine rings is 1. The summed E-state index contributed by atoms with van der Waals surface area (Å²) >= 11 is 0. The third kappa shape index (κ3) is 6.22. The highest BCUT2D eigenvalue weighted by Crippen LogP contribution is 2.37. The molecule has 1 aliphatic heterocycles. The molecule has 0 radical (unpaired) electrons. The Labute approximate surface area is 348 Å².